The van der Waals surface area contributed by atoms with Crippen LogP contribution in [-0.2, 0) is 22.5 Å². The van der Waals surface area contributed by atoms with E-state index in [0.29, 0.717) is 29.7 Å². The molecule has 2 aromatic rings. The second-order valence-electron chi connectivity index (χ2n) is 6.50. The zero-order valence-corrected chi connectivity index (χ0v) is 14.0. The van der Waals surface area contributed by atoms with Crippen LogP contribution in [0, 0.1) is 0 Å². The Balaban J connectivity index is 1.41. The topological polar surface area (TPSA) is 82.5 Å². The van der Waals surface area contributed by atoms with Gasteiger partial charge in [0.25, 0.3) is 11.5 Å². The first-order chi connectivity index (χ1) is 12.2. The van der Waals surface area contributed by atoms with Crippen LogP contribution in [0.3, 0.4) is 0 Å². The van der Waals surface area contributed by atoms with Crippen molar-refractivity contribution in [3.63, 3.8) is 0 Å². The Labute approximate surface area is 145 Å². The van der Waals surface area contributed by atoms with E-state index in [2.05, 4.69) is 10.3 Å². The lowest BCUT2D eigenvalue weighted by Crippen LogP contribution is -2.35. The monoisotopic (exact) mass is 343 g/mol. The fourth-order valence-corrected chi connectivity index (χ4v) is 3.39. The van der Waals surface area contributed by atoms with Gasteiger partial charge in [0, 0.05) is 26.1 Å². The third-order valence-corrected chi connectivity index (χ3v) is 4.71. The summed E-state index contributed by atoms with van der Waals surface area (Å²) in [4.78, 5) is 29.0. The molecule has 25 heavy (non-hydrogen) atoms. The molecule has 1 aromatic heterocycles. The van der Waals surface area contributed by atoms with Crippen molar-refractivity contribution in [1.82, 2.24) is 14.9 Å². The summed E-state index contributed by atoms with van der Waals surface area (Å²) in [5.41, 5.74) is 0.638. The van der Waals surface area contributed by atoms with Crippen LogP contribution in [0.25, 0.3) is 10.9 Å². The average Bonchev–Trinajstić information content (AvgIpc) is 3.30. The summed E-state index contributed by atoms with van der Waals surface area (Å²) in [5.74, 6) is 1.15. The van der Waals surface area contributed by atoms with Gasteiger partial charge < -0.3 is 14.8 Å². The Hall–Kier alpha value is -2.41. The van der Waals surface area contributed by atoms with Crippen molar-refractivity contribution in [2.75, 3.05) is 19.8 Å². The summed E-state index contributed by atoms with van der Waals surface area (Å²) in [5, 5.41) is 3.34. The van der Waals surface area contributed by atoms with E-state index in [0.717, 1.165) is 38.1 Å². The molecule has 1 fully saturated rings. The molecule has 2 aliphatic rings. The van der Waals surface area contributed by atoms with Gasteiger partial charge in [-0.1, -0.05) is 0 Å². The maximum absolute atomic E-state index is 12.5. The van der Waals surface area contributed by atoms with E-state index in [9.17, 15) is 9.59 Å². The van der Waals surface area contributed by atoms with Gasteiger partial charge in [-0.2, -0.15) is 0 Å². The van der Waals surface area contributed by atoms with E-state index in [4.69, 9.17) is 9.47 Å². The fraction of sp³-hybridized carbons (Fsp3) is 0.500. The van der Waals surface area contributed by atoms with E-state index in [1.54, 1.807) is 22.8 Å². The first-order valence-electron chi connectivity index (χ1n) is 8.75. The van der Waals surface area contributed by atoms with Crippen LogP contribution in [0.1, 0.15) is 25.1 Å². The number of rotatable bonds is 5. The molecule has 1 saturated heterocycles. The van der Waals surface area contributed by atoms with Crippen molar-refractivity contribution >= 4 is 16.8 Å². The van der Waals surface area contributed by atoms with Gasteiger partial charge in [0.1, 0.15) is 11.6 Å². The summed E-state index contributed by atoms with van der Waals surface area (Å²) < 4.78 is 12.7. The molecule has 0 saturated carbocycles. The third-order valence-electron chi connectivity index (χ3n) is 4.71. The smallest absolute Gasteiger partial charge is 0.261 e. The van der Waals surface area contributed by atoms with Crippen molar-refractivity contribution in [1.29, 1.82) is 0 Å². The molecule has 1 N–H and O–H groups in total. The molecule has 0 spiro atoms. The highest BCUT2D eigenvalue weighted by Crippen LogP contribution is 2.19. The molecule has 0 unspecified atom stereocenters. The lowest BCUT2D eigenvalue weighted by molar-refractivity contribution is -0.123. The van der Waals surface area contributed by atoms with Crippen LogP contribution < -0.4 is 15.6 Å². The molecule has 7 heteroatoms. The Bertz CT molecular complexity index is 855. The van der Waals surface area contributed by atoms with E-state index in [-0.39, 0.29) is 24.2 Å². The van der Waals surface area contributed by atoms with Crippen LogP contribution >= 0.6 is 0 Å². The molecule has 1 aromatic carbocycles. The van der Waals surface area contributed by atoms with Crippen LogP contribution in [0.15, 0.2) is 23.0 Å². The van der Waals surface area contributed by atoms with E-state index < -0.39 is 0 Å². The fourth-order valence-electron chi connectivity index (χ4n) is 3.39. The zero-order valence-electron chi connectivity index (χ0n) is 14.0. The number of amides is 1. The summed E-state index contributed by atoms with van der Waals surface area (Å²) >= 11 is 0. The van der Waals surface area contributed by atoms with Crippen molar-refractivity contribution in [2.24, 2.45) is 0 Å². The van der Waals surface area contributed by atoms with Gasteiger partial charge in [0.05, 0.1) is 17.0 Å². The third kappa shape index (κ3) is 3.37. The van der Waals surface area contributed by atoms with Crippen molar-refractivity contribution in [2.45, 2.75) is 38.3 Å². The number of fused-ring (bicyclic) bond motifs is 2. The normalized spacial score (nSPS) is 19.1. The molecule has 3 heterocycles. The second-order valence-corrected chi connectivity index (χ2v) is 6.50. The number of benzene rings is 1. The van der Waals surface area contributed by atoms with E-state index in [1.165, 1.54) is 0 Å². The maximum atomic E-state index is 12.5. The predicted molar refractivity (Wildman–Crippen MR) is 91.8 cm³/mol. The number of hydrogen-bond acceptors (Lipinski definition) is 5. The molecular formula is C18H21N3O4. The van der Waals surface area contributed by atoms with Gasteiger partial charge in [0.2, 0.25) is 0 Å². The minimum atomic E-state index is -0.195. The Morgan fingerprint density at radius 3 is 3.16 bits per heavy atom. The standard InChI is InChI=1S/C18H21N3O4/c22-17(19-10-13-3-2-8-24-13)11-25-12-5-6-15-14(9-12)18(23)21-7-1-4-16(21)20-15/h5-6,9,13H,1-4,7-8,10-11H2,(H,19,22)/t13-/m1/s1. The molecule has 0 bridgehead atoms. The summed E-state index contributed by atoms with van der Waals surface area (Å²) in [6, 6.07) is 5.19. The van der Waals surface area contributed by atoms with Crippen LogP contribution in [-0.4, -0.2) is 41.3 Å². The molecule has 2 aliphatic heterocycles. The van der Waals surface area contributed by atoms with Crippen molar-refractivity contribution in [3.8, 4) is 5.75 Å². The number of nitrogens with one attached hydrogen (secondary N) is 1. The van der Waals surface area contributed by atoms with Gasteiger partial charge in [-0.3, -0.25) is 14.2 Å². The van der Waals surface area contributed by atoms with Crippen LogP contribution in [0.4, 0.5) is 0 Å². The van der Waals surface area contributed by atoms with Gasteiger partial charge in [-0.15, -0.1) is 0 Å². The van der Waals surface area contributed by atoms with Gasteiger partial charge in [-0.25, -0.2) is 4.98 Å². The lowest BCUT2D eigenvalue weighted by atomic mass is 10.2. The quantitative estimate of drug-likeness (QED) is 0.876. The molecule has 1 atom stereocenters. The molecule has 4 rings (SSSR count). The van der Waals surface area contributed by atoms with Crippen molar-refractivity contribution in [3.05, 3.63) is 34.4 Å². The summed E-state index contributed by atoms with van der Waals surface area (Å²) in [7, 11) is 0. The SMILES string of the molecule is O=C(COc1ccc2nc3n(c(=O)c2c1)CCC3)NC[C@H]1CCCO1. The van der Waals surface area contributed by atoms with Gasteiger partial charge >= 0.3 is 0 Å². The Morgan fingerprint density at radius 1 is 1.40 bits per heavy atom. The molecule has 1 amide bonds. The van der Waals surface area contributed by atoms with E-state index >= 15 is 0 Å². The number of aryl methyl sites for hydroxylation is 1. The number of hydrogen-bond donors (Lipinski definition) is 1. The number of carbonyl (C=O) groups excluding carboxylic acids is 1. The highest BCUT2D eigenvalue weighted by molar-refractivity contribution is 5.80. The lowest BCUT2D eigenvalue weighted by Gasteiger charge is -2.12. The summed E-state index contributed by atoms with van der Waals surface area (Å²) in [6.45, 7) is 1.91. The van der Waals surface area contributed by atoms with E-state index in [1.807, 2.05) is 0 Å². The van der Waals surface area contributed by atoms with Crippen LogP contribution in [0.5, 0.6) is 5.75 Å². The largest absolute Gasteiger partial charge is 0.484 e. The second kappa shape index (κ2) is 6.84. The minimum Gasteiger partial charge on any atom is -0.484 e. The van der Waals surface area contributed by atoms with Gasteiger partial charge in [0.15, 0.2) is 6.61 Å². The maximum Gasteiger partial charge on any atom is 0.261 e. The van der Waals surface area contributed by atoms with Gasteiger partial charge in [-0.05, 0) is 37.5 Å². The zero-order chi connectivity index (χ0) is 17.2. The minimum absolute atomic E-state index is 0.0363. The highest BCUT2D eigenvalue weighted by atomic mass is 16.5. The first-order valence-corrected chi connectivity index (χ1v) is 8.75. The Morgan fingerprint density at radius 2 is 2.32 bits per heavy atom. The molecule has 132 valence electrons. The Kier molecular flexibility index (Phi) is 4.40. The number of aromatic nitrogens is 2. The first kappa shape index (κ1) is 16.1. The molecule has 7 nitrogen and oxygen atoms in total. The molecular weight excluding hydrogens is 322 g/mol. The number of ether oxygens (including phenoxy) is 2. The molecule has 0 aliphatic carbocycles. The number of nitrogens with zero attached hydrogens (tertiary/aromatic N) is 2. The predicted octanol–water partition coefficient (Wildman–Crippen LogP) is 1.02. The molecule has 0 radical (unpaired) electrons. The highest BCUT2D eigenvalue weighted by Gasteiger charge is 2.17. The van der Waals surface area contributed by atoms with Crippen molar-refractivity contribution < 1.29 is 14.3 Å². The number of carbonyl (C=O) groups is 1. The summed E-state index contributed by atoms with van der Waals surface area (Å²) in [6.07, 6.45) is 3.92. The average molecular weight is 343 g/mol. The van der Waals surface area contributed by atoms with Crippen LogP contribution in [0.2, 0.25) is 0 Å².